The molecule has 2 aromatic carbocycles. The van der Waals surface area contributed by atoms with E-state index in [9.17, 15) is 8.42 Å². The van der Waals surface area contributed by atoms with Crippen LogP contribution in [0.4, 0.5) is 0 Å². The molecule has 0 spiro atoms. The van der Waals surface area contributed by atoms with Crippen molar-refractivity contribution in [3.8, 4) is 0 Å². The molecule has 1 unspecified atom stereocenters. The molecule has 1 fully saturated rings. The number of nitrogens with one attached hydrogen (secondary N) is 1. The van der Waals surface area contributed by atoms with Crippen molar-refractivity contribution in [1.29, 1.82) is 0 Å². The molecule has 3 rings (SSSR count). The molecule has 0 saturated heterocycles. The summed E-state index contributed by atoms with van der Waals surface area (Å²) in [7, 11) is -3.48. The predicted octanol–water partition coefficient (Wildman–Crippen LogP) is 3.19. The van der Waals surface area contributed by atoms with Crippen LogP contribution in [0.3, 0.4) is 0 Å². The first-order valence-corrected chi connectivity index (χ1v) is 9.59. The van der Waals surface area contributed by atoms with Gasteiger partial charge in [0.05, 0.1) is 4.90 Å². The number of aryl methyl sites for hydroxylation is 1. The van der Waals surface area contributed by atoms with Gasteiger partial charge in [0.15, 0.2) is 0 Å². The molecule has 1 aliphatic carbocycles. The van der Waals surface area contributed by atoms with E-state index >= 15 is 0 Å². The van der Waals surface area contributed by atoms with E-state index in [-0.39, 0.29) is 25.5 Å². The molecule has 2 aromatic rings. The Balaban J connectivity index is 0.000000379. The van der Waals surface area contributed by atoms with Gasteiger partial charge in [-0.2, -0.15) is 42.8 Å². The van der Waals surface area contributed by atoms with Gasteiger partial charge >= 0.3 is 19.5 Å². The molecule has 4 nitrogen and oxygen atoms in total. The van der Waals surface area contributed by atoms with Crippen LogP contribution < -0.4 is 10.5 Å². The summed E-state index contributed by atoms with van der Waals surface area (Å²) in [5.74, 6) is 0. The zero-order valence-electron chi connectivity index (χ0n) is 14.3. The summed E-state index contributed by atoms with van der Waals surface area (Å²) in [6, 6.07) is 19.9. The minimum absolute atomic E-state index is 0. The van der Waals surface area contributed by atoms with Gasteiger partial charge in [-0.1, -0.05) is 37.0 Å². The molecule has 3 N–H and O–H groups in total. The smallest absolute Gasteiger partial charge is 0.357 e. The van der Waals surface area contributed by atoms with E-state index in [2.05, 4.69) is 10.8 Å². The summed E-state index contributed by atoms with van der Waals surface area (Å²) in [6.07, 6.45) is 3.66. The van der Waals surface area contributed by atoms with E-state index in [4.69, 9.17) is 5.73 Å². The number of rotatable bonds is 3. The molecule has 1 atom stereocenters. The van der Waals surface area contributed by atoms with Crippen LogP contribution in [0.2, 0.25) is 0 Å². The Morgan fingerprint density at radius 3 is 2.24 bits per heavy atom. The fourth-order valence-corrected chi connectivity index (χ4v) is 3.67. The summed E-state index contributed by atoms with van der Waals surface area (Å²) in [6.45, 7) is 1.93. The van der Waals surface area contributed by atoms with Crippen molar-refractivity contribution in [1.82, 2.24) is 4.72 Å². The minimum Gasteiger partial charge on any atom is -0.357 e. The Morgan fingerprint density at radius 2 is 1.76 bits per heavy atom. The average molecular weight is 446 g/mol. The number of nitrogens with two attached hydrogens (primary N) is 1. The van der Waals surface area contributed by atoms with Crippen LogP contribution >= 0.6 is 0 Å². The van der Waals surface area contributed by atoms with Gasteiger partial charge < -0.3 is 10.5 Å². The zero-order chi connectivity index (χ0) is 17.4. The molecule has 0 aromatic heterocycles. The van der Waals surface area contributed by atoms with Crippen molar-refractivity contribution < 1.29 is 27.9 Å². The van der Waals surface area contributed by atoms with Crippen molar-refractivity contribution in [2.75, 3.05) is 0 Å². The maximum atomic E-state index is 12.2. The Labute approximate surface area is 164 Å². The summed E-state index contributed by atoms with van der Waals surface area (Å²) in [5.41, 5.74) is 6.96. The minimum atomic E-state index is -3.48. The van der Waals surface area contributed by atoms with E-state index in [0.29, 0.717) is 4.90 Å². The number of sulfonamides is 1. The average Bonchev–Trinajstić information content (AvgIpc) is 2.59. The van der Waals surface area contributed by atoms with E-state index in [1.807, 2.05) is 37.3 Å². The number of hydrogen-bond donors (Lipinski definition) is 2. The van der Waals surface area contributed by atoms with Crippen LogP contribution in [-0.4, -0.2) is 14.5 Å². The summed E-state index contributed by atoms with van der Waals surface area (Å²) in [4.78, 5) is 0.290. The SMILES string of the molecule is Cc1ccc(S(=O)(=O)N[C-]2CCCCC2N)cc1.[Ru+2].[c-]1ccccc1. The van der Waals surface area contributed by atoms with Crippen molar-refractivity contribution in [3.63, 3.8) is 0 Å². The summed E-state index contributed by atoms with van der Waals surface area (Å²) >= 11 is 0. The molecule has 0 radical (unpaired) electrons. The molecule has 0 bridgehead atoms. The second-order valence-corrected chi connectivity index (χ2v) is 7.56. The normalized spacial score (nSPS) is 17.8. The van der Waals surface area contributed by atoms with Crippen molar-refractivity contribution in [2.45, 2.75) is 43.5 Å². The zero-order valence-corrected chi connectivity index (χ0v) is 16.8. The molecule has 1 aliphatic rings. The van der Waals surface area contributed by atoms with Crippen LogP contribution in [0.15, 0.2) is 59.5 Å². The Hall–Kier alpha value is -1.07. The van der Waals surface area contributed by atoms with E-state index in [1.165, 1.54) is 0 Å². The molecule has 0 heterocycles. The Kier molecular flexibility index (Phi) is 9.51. The van der Waals surface area contributed by atoms with Crippen LogP contribution in [0.25, 0.3) is 0 Å². The van der Waals surface area contributed by atoms with Gasteiger partial charge in [0, 0.05) is 0 Å². The van der Waals surface area contributed by atoms with Crippen molar-refractivity contribution in [2.24, 2.45) is 5.73 Å². The third-order valence-electron chi connectivity index (χ3n) is 3.86. The van der Waals surface area contributed by atoms with Crippen molar-refractivity contribution in [3.05, 3.63) is 72.3 Å². The van der Waals surface area contributed by atoms with Crippen LogP contribution in [-0.2, 0) is 29.5 Å². The van der Waals surface area contributed by atoms with Crippen LogP contribution in [0.1, 0.15) is 31.2 Å². The number of benzene rings is 2. The molecule has 0 amide bonds. The van der Waals surface area contributed by atoms with Gasteiger partial charge in [0.1, 0.15) is 0 Å². The standard InChI is InChI=1S/C13H19N2O2S.C6H5.Ru/c1-10-6-8-11(9-7-10)18(16,17)15-13-5-3-2-4-12(13)14;1-2-4-6-5-3-1;/h6-9,12,15H,2-5,14H2,1H3;1-5H;/q2*-1;+2. The Morgan fingerprint density at radius 1 is 1.12 bits per heavy atom. The van der Waals surface area contributed by atoms with Gasteiger partial charge in [0.25, 0.3) is 0 Å². The topological polar surface area (TPSA) is 72.2 Å². The van der Waals surface area contributed by atoms with Gasteiger partial charge in [-0.05, 0) is 19.1 Å². The molecule has 6 heteroatoms. The molecule has 136 valence electrons. The van der Waals surface area contributed by atoms with E-state index in [1.54, 1.807) is 24.3 Å². The first-order valence-electron chi connectivity index (χ1n) is 8.11. The summed E-state index contributed by atoms with van der Waals surface area (Å²) < 4.78 is 27.0. The summed E-state index contributed by atoms with van der Waals surface area (Å²) in [5, 5.41) is 0. The molecular formula is C19H24N2O2RuS. The van der Waals surface area contributed by atoms with Gasteiger partial charge in [-0.3, -0.25) is 0 Å². The maximum absolute atomic E-state index is 12.2. The fraction of sp³-hybridized carbons (Fsp3) is 0.316. The largest absolute Gasteiger partial charge is 2.00 e. The second-order valence-electron chi connectivity index (χ2n) is 5.87. The van der Waals surface area contributed by atoms with Gasteiger partial charge in [-0.25, -0.2) is 14.5 Å². The quantitative estimate of drug-likeness (QED) is 0.563. The molecule has 1 saturated carbocycles. The first kappa shape index (κ1) is 22.0. The molecule has 25 heavy (non-hydrogen) atoms. The first-order chi connectivity index (χ1) is 11.5. The van der Waals surface area contributed by atoms with Crippen LogP contribution in [0.5, 0.6) is 0 Å². The van der Waals surface area contributed by atoms with Crippen molar-refractivity contribution >= 4 is 10.0 Å². The van der Waals surface area contributed by atoms with Gasteiger partial charge in [-0.15, -0.1) is 6.04 Å². The third-order valence-corrected chi connectivity index (χ3v) is 5.29. The Bertz CT molecular complexity index is 679. The third kappa shape index (κ3) is 7.37. The predicted molar refractivity (Wildman–Crippen MR) is 96.5 cm³/mol. The number of hydrogen-bond acceptors (Lipinski definition) is 3. The molecular weight excluding hydrogens is 421 g/mol. The van der Waals surface area contributed by atoms with E-state index in [0.717, 1.165) is 37.3 Å². The maximum Gasteiger partial charge on any atom is 2.00 e. The van der Waals surface area contributed by atoms with E-state index < -0.39 is 10.0 Å². The monoisotopic (exact) mass is 446 g/mol. The fourth-order valence-electron chi connectivity index (χ4n) is 2.46. The molecule has 0 aliphatic heterocycles. The second kappa shape index (κ2) is 10.8. The van der Waals surface area contributed by atoms with Gasteiger partial charge in [0.2, 0.25) is 10.0 Å². The van der Waals surface area contributed by atoms with Crippen LogP contribution in [0, 0.1) is 19.0 Å².